The van der Waals surface area contributed by atoms with Crippen molar-refractivity contribution in [1.29, 1.82) is 0 Å². The fourth-order valence-electron chi connectivity index (χ4n) is 4.58. The standard InChI is InChI=1S/C28H32N4O5/c1-28(22-12-7-4-8-13-22,27(35)32-16-9-14-23(32)26(34)36-2)31-18-24(29-20-31)30-25(33)15-17-37-19-21-10-5-3-6-11-21/h3-8,10-13,18,20,23H,9,14-17,19H2,1-2H3,(H,30,33)/t23-,28?/m0/s1. The number of likely N-dealkylation sites (tertiary alicyclic amines) is 1. The Morgan fingerprint density at radius 1 is 1.08 bits per heavy atom. The highest BCUT2D eigenvalue weighted by molar-refractivity contribution is 5.92. The smallest absolute Gasteiger partial charge is 0.328 e. The molecule has 1 saturated heterocycles. The van der Waals surface area contributed by atoms with E-state index >= 15 is 0 Å². The fraction of sp³-hybridized carbons (Fsp3) is 0.357. The number of benzene rings is 2. The Labute approximate surface area is 216 Å². The number of carbonyl (C=O) groups excluding carboxylic acids is 3. The number of nitrogens with zero attached hydrogens (tertiary/aromatic N) is 3. The average Bonchev–Trinajstić information content (AvgIpc) is 3.61. The van der Waals surface area contributed by atoms with E-state index in [1.807, 2.05) is 60.7 Å². The second-order valence-electron chi connectivity index (χ2n) is 9.12. The number of esters is 1. The second kappa shape index (κ2) is 11.8. The molecule has 9 heteroatoms. The van der Waals surface area contributed by atoms with Crippen LogP contribution in [0.15, 0.2) is 73.2 Å². The number of anilines is 1. The predicted octanol–water partition coefficient (Wildman–Crippen LogP) is 3.36. The molecule has 1 unspecified atom stereocenters. The van der Waals surface area contributed by atoms with Gasteiger partial charge in [0, 0.05) is 12.7 Å². The molecule has 2 heterocycles. The molecule has 9 nitrogen and oxygen atoms in total. The molecule has 1 aliphatic heterocycles. The zero-order valence-electron chi connectivity index (χ0n) is 21.1. The first-order chi connectivity index (χ1) is 17.9. The van der Waals surface area contributed by atoms with Gasteiger partial charge in [0.1, 0.15) is 11.6 Å². The minimum Gasteiger partial charge on any atom is -0.467 e. The van der Waals surface area contributed by atoms with Crippen LogP contribution < -0.4 is 5.32 Å². The van der Waals surface area contributed by atoms with Gasteiger partial charge in [0.05, 0.1) is 33.1 Å². The van der Waals surface area contributed by atoms with E-state index < -0.39 is 17.6 Å². The van der Waals surface area contributed by atoms with Gasteiger partial charge in [-0.25, -0.2) is 9.78 Å². The number of nitrogens with one attached hydrogen (secondary N) is 1. The third-order valence-corrected chi connectivity index (χ3v) is 6.69. The van der Waals surface area contributed by atoms with Crippen LogP contribution in [0.25, 0.3) is 0 Å². The molecular formula is C28H32N4O5. The summed E-state index contributed by atoms with van der Waals surface area (Å²) < 4.78 is 12.2. The topological polar surface area (TPSA) is 103 Å². The summed E-state index contributed by atoms with van der Waals surface area (Å²) in [7, 11) is 1.33. The molecule has 0 spiro atoms. The maximum absolute atomic E-state index is 14.0. The van der Waals surface area contributed by atoms with Crippen LogP contribution in [0.4, 0.5) is 5.82 Å². The highest BCUT2D eigenvalue weighted by atomic mass is 16.5. The first-order valence-electron chi connectivity index (χ1n) is 12.3. The third kappa shape index (κ3) is 5.89. The zero-order chi connectivity index (χ0) is 26.3. The number of aromatic nitrogens is 2. The van der Waals surface area contributed by atoms with E-state index in [0.717, 1.165) is 11.1 Å². The molecular weight excluding hydrogens is 472 g/mol. The summed E-state index contributed by atoms with van der Waals surface area (Å²) in [4.78, 5) is 44.7. The molecule has 194 valence electrons. The molecule has 0 saturated carbocycles. The van der Waals surface area contributed by atoms with Crippen molar-refractivity contribution in [2.24, 2.45) is 0 Å². The van der Waals surface area contributed by atoms with Gasteiger partial charge in [-0.15, -0.1) is 0 Å². The van der Waals surface area contributed by atoms with E-state index in [-0.39, 0.29) is 24.8 Å². The number of ether oxygens (including phenoxy) is 2. The number of hydrogen-bond donors (Lipinski definition) is 1. The van der Waals surface area contributed by atoms with Crippen molar-refractivity contribution >= 4 is 23.6 Å². The van der Waals surface area contributed by atoms with E-state index in [0.29, 0.717) is 31.8 Å². The number of carbonyl (C=O) groups is 3. The molecule has 3 aromatic rings. The van der Waals surface area contributed by atoms with Crippen LogP contribution in [0.3, 0.4) is 0 Å². The summed E-state index contributed by atoms with van der Waals surface area (Å²) >= 11 is 0. The van der Waals surface area contributed by atoms with Crippen LogP contribution in [0, 0.1) is 0 Å². The minimum atomic E-state index is -1.19. The maximum Gasteiger partial charge on any atom is 0.328 e. The Balaban J connectivity index is 1.47. The van der Waals surface area contributed by atoms with Crippen LogP contribution >= 0.6 is 0 Å². The SMILES string of the molecule is COC(=O)[C@@H]1CCCN1C(=O)C(C)(c1ccccc1)n1cnc(NC(=O)CCOCc2ccccc2)c1. The number of rotatable bonds is 10. The molecule has 0 radical (unpaired) electrons. The largest absolute Gasteiger partial charge is 0.467 e. The van der Waals surface area contributed by atoms with Gasteiger partial charge in [0.2, 0.25) is 5.91 Å². The van der Waals surface area contributed by atoms with Gasteiger partial charge in [0.25, 0.3) is 5.91 Å². The molecule has 1 aromatic heterocycles. The molecule has 37 heavy (non-hydrogen) atoms. The summed E-state index contributed by atoms with van der Waals surface area (Å²) in [5, 5.41) is 2.78. The molecule has 0 aliphatic carbocycles. The first-order valence-corrected chi connectivity index (χ1v) is 12.3. The van der Waals surface area contributed by atoms with Crippen LogP contribution in [0.1, 0.15) is 37.3 Å². The van der Waals surface area contributed by atoms with Gasteiger partial charge in [-0.2, -0.15) is 0 Å². The van der Waals surface area contributed by atoms with Crippen LogP contribution in [0.5, 0.6) is 0 Å². The highest BCUT2D eigenvalue weighted by Crippen LogP contribution is 2.33. The molecule has 1 N–H and O–H groups in total. The van der Waals surface area contributed by atoms with Crippen LogP contribution in [0.2, 0.25) is 0 Å². The highest BCUT2D eigenvalue weighted by Gasteiger charge is 2.45. The van der Waals surface area contributed by atoms with Gasteiger partial charge in [-0.05, 0) is 30.9 Å². The van der Waals surface area contributed by atoms with Crippen molar-refractivity contribution in [2.45, 2.75) is 44.4 Å². The summed E-state index contributed by atoms with van der Waals surface area (Å²) in [5.41, 5.74) is 0.589. The quantitative estimate of drug-likeness (QED) is 0.336. The zero-order valence-corrected chi connectivity index (χ0v) is 21.1. The lowest BCUT2D eigenvalue weighted by molar-refractivity contribution is -0.153. The van der Waals surface area contributed by atoms with E-state index in [1.54, 1.807) is 22.6 Å². The molecule has 4 rings (SSSR count). The van der Waals surface area contributed by atoms with Crippen molar-refractivity contribution in [3.63, 3.8) is 0 Å². The third-order valence-electron chi connectivity index (χ3n) is 6.69. The van der Waals surface area contributed by atoms with E-state index in [4.69, 9.17) is 9.47 Å². The molecule has 0 bridgehead atoms. The second-order valence-corrected chi connectivity index (χ2v) is 9.12. The van der Waals surface area contributed by atoms with Crippen molar-refractivity contribution in [2.75, 3.05) is 25.6 Å². The normalized spacial score (nSPS) is 16.7. The van der Waals surface area contributed by atoms with Gasteiger partial charge in [0.15, 0.2) is 5.82 Å². The van der Waals surface area contributed by atoms with Gasteiger partial charge < -0.3 is 24.3 Å². The molecule has 2 atom stereocenters. The summed E-state index contributed by atoms with van der Waals surface area (Å²) in [6.07, 6.45) is 4.60. The number of amides is 2. The summed E-state index contributed by atoms with van der Waals surface area (Å²) in [5.74, 6) is -0.573. The first kappa shape index (κ1) is 26.1. The number of methoxy groups -OCH3 is 1. The lowest BCUT2D eigenvalue weighted by atomic mass is 9.89. The Hall–Kier alpha value is -3.98. The van der Waals surface area contributed by atoms with E-state index in [2.05, 4.69) is 10.3 Å². The summed E-state index contributed by atoms with van der Waals surface area (Å²) in [6.45, 7) is 2.96. The van der Waals surface area contributed by atoms with Crippen LogP contribution in [-0.2, 0) is 36.0 Å². The van der Waals surface area contributed by atoms with Gasteiger partial charge in [-0.1, -0.05) is 60.7 Å². The Kier molecular flexibility index (Phi) is 8.35. The Morgan fingerprint density at radius 2 is 1.78 bits per heavy atom. The van der Waals surface area contributed by atoms with Crippen LogP contribution in [-0.4, -0.2) is 58.5 Å². The lowest BCUT2D eigenvalue weighted by Crippen LogP contribution is -2.52. The maximum atomic E-state index is 14.0. The van der Waals surface area contributed by atoms with E-state index in [1.165, 1.54) is 13.4 Å². The molecule has 2 aromatic carbocycles. The molecule has 1 fully saturated rings. The summed E-state index contributed by atoms with van der Waals surface area (Å²) in [6, 6.07) is 18.4. The molecule has 1 aliphatic rings. The lowest BCUT2D eigenvalue weighted by Gasteiger charge is -2.36. The Bertz CT molecular complexity index is 1210. The fourth-order valence-corrected chi connectivity index (χ4v) is 4.58. The van der Waals surface area contributed by atoms with Gasteiger partial charge >= 0.3 is 5.97 Å². The minimum absolute atomic E-state index is 0.170. The number of imidazole rings is 1. The predicted molar refractivity (Wildman–Crippen MR) is 138 cm³/mol. The average molecular weight is 505 g/mol. The van der Waals surface area contributed by atoms with Crippen molar-refractivity contribution in [1.82, 2.24) is 14.5 Å². The Morgan fingerprint density at radius 3 is 2.49 bits per heavy atom. The monoisotopic (exact) mass is 504 g/mol. The van der Waals surface area contributed by atoms with Gasteiger partial charge in [-0.3, -0.25) is 9.59 Å². The molecule has 2 amide bonds. The number of hydrogen-bond acceptors (Lipinski definition) is 6. The van der Waals surface area contributed by atoms with E-state index in [9.17, 15) is 14.4 Å². The van der Waals surface area contributed by atoms with Crippen molar-refractivity contribution in [3.05, 3.63) is 84.3 Å². The van der Waals surface area contributed by atoms with Crippen molar-refractivity contribution < 1.29 is 23.9 Å². The van der Waals surface area contributed by atoms with Crippen molar-refractivity contribution in [3.8, 4) is 0 Å².